The van der Waals surface area contributed by atoms with Gasteiger partial charge in [0.1, 0.15) is 0 Å². The molecule has 0 unspecified atom stereocenters. The Kier molecular flexibility index (Phi) is 6.98. The highest BCUT2D eigenvalue weighted by Crippen LogP contribution is 2.17. The fraction of sp³-hybridized carbons (Fsp3) is 0.263. The van der Waals surface area contributed by atoms with Crippen LogP contribution < -0.4 is 21.3 Å². The van der Waals surface area contributed by atoms with Gasteiger partial charge in [-0.1, -0.05) is 31.2 Å². The number of likely N-dealkylation sites (N-methyl/N-ethyl adjacent to an activating group) is 1. The Labute approximate surface area is 148 Å². The van der Waals surface area contributed by atoms with Crippen molar-refractivity contribution >= 4 is 23.3 Å². The molecule has 6 nitrogen and oxygen atoms in total. The van der Waals surface area contributed by atoms with Crippen LogP contribution in [-0.4, -0.2) is 31.6 Å². The average molecular weight is 340 g/mol. The van der Waals surface area contributed by atoms with E-state index in [-0.39, 0.29) is 11.9 Å². The second kappa shape index (κ2) is 9.44. The number of urea groups is 1. The predicted octanol–water partition coefficient (Wildman–Crippen LogP) is 2.98. The molecule has 0 saturated carbocycles. The van der Waals surface area contributed by atoms with E-state index in [1.165, 1.54) is 0 Å². The highest BCUT2D eigenvalue weighted by atomic mass is 16.2. The van der Waals surface area contributed by atoms with Crippen molar-refractivity contribution in [1.29, 1.82) is 0 Å². The van der Waals surface area contributed by atoms with Gasteiger partial charge in [-0.3, -0.25) is 4.79 Å². The van der Waals surface area contributed by atoms with Crippen LogP contribution in [0.4, 0.5) is 16.2 Å². The summed E-state index contributed by atoms with van der Waals surface area (Å²) in [7, 11) is 0. The van der Waals surface area contributed by atoms with E-state index < -0.39 is 0 Å². The van der Waals surface area contributed by atoms with Crippen molar-refractivity contribution < 1.29 is 9.59 Å². The minimum atomic E-state index is -0.348. The van der Waals surface area contributed by atoms with Crippen LogP contribution in [0.5, 0.6) is 0 Å². The number of aryl methyl sites for hydroxylation is 1. The Morgan fingerprint density at radius 3 is 2.44 bits per heavy atom. The van der Waals surface area contributed by atoms with E-state index >= 15 is 0 Å². The summed E-state index contributed by atoms with van der Waals surface area (Å²) in [6, 6.07) is 14.1. The molecule has 0 aromatic heterocycles. The molecule has 0 saturated heterocycles. The highest BCUT2D eigenvalue weighted by Gasteiger charge is 2.10. The molecule has 0 aliphatic rings. The largest absolute Gasteiger partial charge is 0.351 e. The van der Waals surface area contributed by atoms with Crippen molar-refractivity contribution in [3.8, 4) is 0 Å². The maximum atomic E-state index is 12.2. The fourth-order valence-corrected chi connectivity index (χ4v) is 2.25. The van der Waals surface area contributed by atoms with Gasteiger partial charge in [-0.25, -0.2) is 4.79 Å². The zero-order valence-corrected chi connectivity index (χ0v) is 14.6. The molecule has 2 rings (SSSR count). The van der Waals surface area contributed by atoms with Crippen molar-refractivity contribution in [1.82, 2.24) is 10.6 Å². The maximum absolute atomic E-state index is 12.2. The lowest BCUT2D eigenvalue weighted by Gasteiger charge is -2.12. The van der Waals surface area contributed by atoms with Gasteiger partial charge in [0.15, 0.2) is 0 Å². The fourth-order valence-electron chi connectivity index (χ4n) is 2.25. The number of rotatable bonds is 7. The molecule has 0 atom stereocenters. The maximum Gasteiger partial charge on any atom is 0.323 e. The van der Waals surface area contributed by atoms with Gasteiger partial charge in [0.05, 0.1) is 0 Å². The molecule has 6 heteroatoms. The van der Waals surface area contributed by atoms with Crippen molar-refractivity contribution in [2.75, 3.05) is 30.3 Å². The number of hydrogen-bond donors (Lipinski definition) is 4. The number of hydrogen-bond acceptors (Lipinski definition) is 3. The predicted molar refractivity (Wildman–Crippen MR) is 101 cm³/mol. The molecule has 0 radical (unpaired) electrons. The summed E-state index contributed by atoms with van der Waals surface area (Å²) in [5.41, 5.74) is 2.70. The first kappa shape index (κ1) is 18.5. The van der Waals surface area contributed by atoms with Crippen LogP contribution in [0.25, 0.3) is 0 Å². The molecular weight excluding hydrogens is 316 g/mol. The van der Waals surface area contributed by atoms with Crippen LogP contribution in [0.15, 0.2) is 48.5 Å². The van der Waals surface area contributed by atoms with Crippen molar-refractivity contribution in [2.24, 2.45) is 0 Å². The van der Waals surface area contributed by atoms with Gasteiger partial charge < -0.3 is 21.3 Å². The molecule has 0 fully saturated rings. The molecule has 0 spiro atoms. The van der Waals surface area contributed by atoms with Crippen LogP contribution in [0, 0.1) is 6.92 Å². The van der Waals surface area contributed by atoms with Gasteiger partial charge >= 0.3 is 6.03 Å². The summed E-state index contributed by atoms with van der Waals surface area (Å²) in [5, 5.41) is 11.5. The van der Waals surface area contributed by atoms with Gasteiger partial charge in [0.2, 0.25) is 0 Å². The van der Waals surface area contributed by atoms with Gasteiger partial charge in [-0.05, 0) is 43.3 Å². The average Bonchev–Trinajstić information content (AvgIpc) is 2.61. The van der Waals surface area contributed by atoms with Crippen molar-refractivity contribution in [2.45, 2.75) is 13.8 Å². The Morgan fingerprint density at radius 1 is 0.960 bits per heavy atom. The highest BCUT2D eigenvalue weighted by molar-refractivity contribution is 6.02. The number of carbonyl (C=O) groups is 2. The lowest BCUT2D eigenvalue weighted by molar-refractivity contribution is 0.0954. The van der Waals surface area contributed by atoms with E-state index in [0.717, 1.165) is 18.7 Å². The van der Waals surface area contributed by atoms with Crippen LogP contribution in [0.1, 0.15) is 22.8 Å². The van der Waals surface area contributed by atoms with Gasteiger partial charge in [0.25, 0.3) is 5.91 Å². The quantitative estimate of drug-likeness (QED) is 0.585. The van der Waals surface area contributed by atoms with Crippen LogP contribution in [0.3, 0.4) is 0 Å². The minimum Gasteiger partial charge on any atom is -0.351 e. The number of anilines is 2. The molecule has 4 N–H and O–H groups in total. The lowest BCUT2D eigenvalue weighted by atomic mass is 10.1. The molecule has 0 heterocycles. The van der Waals surface area contributed by atoms with Crippen molar-refractivity contribution in [3.05, 3.63) is 59.7 Å². The summed E-state index contributed by atoms with van der Waals surface area (Å²) >= 11 is 0. The Bertz CT molecular complexity index is 717. The first-order valence-electron chi connectivity index (χ1n) is 8.32. The molecule has 0 aliphatic carbocycles. The smallest absolute Gasteiger partial charge is 0.323 e. The molecule has 0 bridgehead atoms. The van der Waals surface area contributed by atoms with E-state index in [9.17, 15) is 9.59 Å². The third-order valence-corrected chi connectivity index (χ3v) is 3.62. The molecule has 0 aliphatic heterocycles. The molecule has 3 amide bonds. The summed E-state index contributed by atoms with van der Waals surface area (Å²) in [4.78, 5) is 24.3. The molecule has 25 heavy (non-hydrogen) atoms. The van der Waals surface area contributed by atoms with Gasteiger partial charge in [0, 0.05) is 30.0 Å². The summed E-state index contributed by atoms with van der Waals surface area (Å²) < 4.78 is 0. The van der Waals surface area contributed by atoms with Gasteiger partial charge in [-0.2, -0.15) is 0 Å². The molecule has 132 valence electrons. The minimum absolute atomic E-state index is 0.163. The van der Waals surface area contributed by atoms with E-state index in [2.05, 4.69) is 21.3 Å². The zero-order valence-electron chi connectivity index (χ0n) is 14.6. The SMILES string of the molecule is CCNCCNC(=O)c1ccc(C)c(NC(=O)Nc2ccccc2)c1. The third-order valence-electron chi connectivity index (χ3n) is 3.62. The number of nitrogens with one attached hydrogen (secondary N) is 4. The molecule has 2 aromatic carbocycles. The lowest BCUT2D eigenvalue weighted by Crippen LogP contribution is -2.31. The summed E-state index contributed by atoms with van der Waals surface area (Å²) in [6.07, 6.45) is 0. The first-order valence-corrected chi connectivity index (χ1v) is 8.32. The second-order valence-electron chi connectivity index (χ2n) is 5.58. The third kappa shape index (κ3) is 5.93. The monoisotopic (exact) mass is 340 g/mol. The van der Waals surface area contributed by atoms with Crippen molar-refractivity contribution in [3.63, 3.8) is 0 Å². The van der Waals surface area contributed by atoms with Gasteiger partial charge in [-0.15, -0.1) is 0 Å². The zero-order chi connectivity index (χ0) is 18.1. The second-order valence-corrected chi connectivity index (χ2v) is 5.58. The van der Waals surface area contributed by atoms with Crippen LogP contribution in [-0.2, 0) is 0 Å². The molecular formula is C19H24N4O2. The van der Waals surface area contributed by atoms with Crippen LogP contribution in [0.2, 0.25) is 0 Å². The molecule has 2 aromatic rings. The number of para-hydroxylation sites is 1. The van der Waals surface area contributed by atoms with E-state index in [4.69, 9.17) is 0 Å². The Balaban J connectivity index is 1.98. The number of carbonyl (C=O) groups excluding carboxylic acids is 2. The van der Waals surface area contributed by atoms with E-state index in [0.29, 0.717) is 23.5 Å². The first-order chi connectivity index (χ1) is 12.1. The number of amides is 3. The normalized spacial score (nSPS) is 10.2. The Hall–Kier alpha value is -2.86. The summed E-state index contributed by atoms with van der Waals surface area (Å²) in [5.74, 6) is -0.163. The Morgan fingerprint density at radius 2 is 1.72 bits per heavy atom. The topological polar surface area (TPSA) is 82.3 Å². The van der Waals surface area contributed by atoms with Crippen LogP contribution >= 0.6 is 0 Å². The summed E-state index contributed by atoms with van der Waals surface area (Å²) in [6.45, 7) is 6.03. The number of benzene rings is 2. The standard InChI is InChI=1S/C19H24N4O2/c1-3-20-11-12-21-18(24)15-10-9-14(2)17(13-15)23-19(25)22-16-7-5-4-6-8-16/h4-10,13,20H,3,11-12H2,1-2H3,(H,21,24)(H2,22,23,25). The van der Waals surface area contributed by atoms with E-state index in [1.807, 2.05) is 38.1 Å². The van der Waals surface area contributed by atoms with E-state index in [1.54, 1.807) is 24.3 Å².